The molecule has 2 aliphatic rings. The number of anilines is 1. The SMILES string of the molecule is CC1(C)[C@@H]2CC[C@]1(C)C(=O)N(c1ccc(Br)cc1)C2=O. The Morgan fingerprint density at radius 3 is 2.35 bits per heavy atom. The Labute approximate surface area is 127 Å². The molecule has 0 N–H and O–H groups in total. The fourth-order valence-corrected chi connectivity index (χ4v) is 3.92. The number of hydrogen-bond acceptors (Lipinski definition) is 2. The van der Waals surface area contributed by atoms with Gasteiger partial charge in [0.2, 0.25) is 11.8 Å². The number of piperidine rings is 1. The van der Waals surface area contributed by atoms with E-state index in [0.29, 0.717) is 5.69 Å². The van der Waals surface area contributed by atoms with Gasteiger partial charge in [0, 0.05) is 10.4 Å². The van der Waals surface area contributed by atoms with Crippen molar-refractivity contribution in [3.8, 4) is 0 Å². The van der Waals surface area contributed by atoms with Crippen LogP contribution < -0.4 is 4.90 Å². The topological polar surface area (TPSA) is 37.4 Å². The van der Waals surface area contributed by atoms with Crippen LogP contribution in [0.2, 0.25) is 0 Å². The highest BCUT2D eigenvalue weighted by molar-refractivity contribution is 9.10. The summed E-state index contributed by atoms with van der Waals surface area (Å²) in [7, 11) is 0. The van der Waals surface area contributed by atoms with Crippen LogP contribution in [0.15, 0.2) is 28.7 Å². The third-order valence-electron chi connectivity index (χ3n) is 5.50. The minimum absolute atomic E-state index is 0.0442. The largest absolute Gasteiger partial charge is 0.274 e. The molecule has 0 unspecified atom stereocenters. The average Bonchev–Trinajstić information content (AvgIpc) is 2.57. The van der Waals surface area contributed by atoms with Gasteiger partial charge in [0.15, 0.2) is 0 Å². The van der Waals surface area contributed by atoms with Gasteiger partial charge in [-0.05, 0) is 42.5 Å². The maximum absolute atomic E-state index is 12.9. The second kappa shape index (κ2) is 4.17. The molecule has 1 aromatic carbocycles. The number of halogens is 1. The zero-order valence-corrected chi connectivity index (χ0v) is 13.5. The molecule has 1 aromatic rings. The second-order valence-corrected chi connectivity index (χ2v) is 7.52. The Bertz CT molecular complexity index is 593. The lowest BCUT2D eigenvalue weighted by Gasteiger charge is -2.47. The van der Waals surface area contributed by atoms with Gasteiger partial charge in [-0.1, -0.05) is 36.7 Å². The summed E-state index contributed by atoms with van der Waals surface area (Å²) < 4.78 is 0.938. The van der Waals surface area contributed by atoms with Crippen LogP contribution in [-0.2, 0) is 9.59 Å². The summed E-state index contributed by atoms with van der Waals surface area (Å²) in [4.78, 5) is 27.0. The highest BCUT2D eigenvalue weighted by Crippen LogP contribution is 2.60. The third-order valence-corrected chi connectivity index (χ3v) is 6.03. The number of fused-ring (bicyclic) bond motifs is 2. The molecule has 2 fully saturated rings. The quantitative estimate of drug-likeness (QED) is 0.732. The molecule has 4 heteroatoms. The van der Waals surface area contributed by atoms with E-state index in [2.05, 4.69) is 29.8 Å². The molecule has 0 spiro atoms. The number of carbonyl (C=O) groups is 2. The van der Waals surface area contributed by atoms with Crippen molar-refractivity contribution in [1.82, 2.24) is 0 Å². The van der Waals surface area contributed by atoms with Gasteiger partial charge in [-0.3, -0.25) is 9.59 Å². The zero-order chi connectivity index (χ0) is 14.7. The van der Waals surface area contributed by atoms with E-state index in [1.54, 1.807) is 0 Å². The first-order valence-corrected chi connectivity index (χ1v) is 7.72. The molecule has 1 saturated carbocycles. The van der Waals surface area contributed by atoms with Crippen LogP contribution in [0.5, 0.6) is 0 Å². The molecular formula is C16H18BrNO2. The molecule has 1 aliphatic carbocycles. The van der Waals surface area contributed by atoms with E-state index < -0.39 is 5.41 Å². The van der Waals surface area contributed by atoms with Gasteiger partial charge in [0.05, 0.1) is 11.1 Å². The maximum Gasteiger partial charge on any atom is 0.240 e. The average molecular weight is 336 g/mol. The molecule has 2 bridgehead atoms. The van der Waals surface area contributed by atoms with E-state index in [9.17, 15) is 9.59 Å². The van der Waals surface area contributed by atoms with E-state index >= 15 is 0 Å². The van der Waals surface area contributed by atoms with Gasteiger partial charge in [-0.25, -0.2) is 4.90 Å². The summed E-state index contributed by atoms with van der Waals surface area (Å²) in [6.07, 6.45) is 1.60. The van der Waals surface area contributed by atoms with E-state index in [0.717, 1.165) is 17.3 Å². The van der Waals surface area contributed by atoms with Crippen molar-refractivity contribution in [1.29, 1.82) is 0 Å². The molecule has 1 saturated heterocycles. The fraction of sp³-hybridized carbons (Fsp3) is 0.500. The summed E-state index contributed by atoms with van der Waals surface area (Å²) >= 11 is 3.38. The van der Waals surface area contributed by atoms with Crippen LogP contribution in [0.1, 0.15) is 33.6 Å². The van der Waals surface area contributed by atoms with E-state index in [-0.39, 0.29) is 23.1 Å². The predicted molar refractivity (Wildman–Crippen MR) is 81.2 cm³/mol. The molecular weight excluding hydrogens is 318 g/mol. The van der Waals surface area contributed by atoms with E-state index in [1.807, 2.05) is 31.2 Å². The van der Waals surface area contributed by atoms with Gasteiger partial charge in [-0.2, -0.15) is 0 Å². The Morgan fingerprint density at radius 2 is 1.75 bits per heavy atom. The van der Waals surface area contributed by atoms with Crippen molar-refractivity contribution in [2.24, 2.45) is 16.7 Å². The van der Waals surface area contributed by atoms with Crippen molar-refractivity contribution in [2.45, 2.75) is 33.6 Å². The lowest BCUT2D eigenvalue weighted by Crippen LogP contribution is -2.59. The molecule has 3 nitrogen and oxygen atoms in total. The van der Waals surface area contributed by atoms with Gasteiger partial charge >= 0.3 is 0 Å². The zero-order valence-electron chi connectivity index (χ0n) is 11.9. The number of hydrogen-bond donors (Lipinski definition) is 0. The molecule has 3 rings (SSSR count). The Kier molecular flexibility index (Phi) is 2.88. The van der Waals surface area contributed by atoms with Crippen LogP contribution in [0, 0.1) is 16.7 Å². The number of benzene rings is 1. The van der Waals surface area contributed by atoms with Gasteiger partial charge < -0.3 is 0 Å². The molecule has 20 heavy (non-hydrogen) atoms. The summed E-state index contributed by atoms with van der Waals surface area (Å²) in [5.74, 6) is -0.158. The lowest BCUT2D eigenvalue weighted by atomic mass is 9.62. The van der Waals surface area contributed by atoms with Crippen molar-refractivity contribution in [3.63, 3.8) is 0 Å². The normalized spacial score (nSPS) is 31.8. The first kappa shape index (κ1) is 13.8. The standard InChI is InChI=1S/C16H18BrNO2/c1-15(2)12-8-9-16(15,3)14(20)18(13(12)19)11-6-4-10(17)5-7-11/h4-7,12H,8-9H2,1-3H3/t12-,16-/m1/s1. The highest BCUT2D eigenvalue weighted by atomic mass is 79.9. The van der Waals surface area contributed by atoms with Crippen LogP contribution in [0.25, 0.3) is 0 Å². The molecule has 1 heterocycles. The second-order valence-electron chi connectivity index (χ2n) is 6.60. The first-order valence-electron chi connectivity index (χ1n) is 6.93. The molecule has 2 amide bonds. The molecule has 1 aliphatic heterocycles. The van der Waals surface area contributed by atoms with Gasteiger partial charge in [-0.15, -0.1) is 0 Å². The Hall–Kier alpha value is -1.16. The maximum atomic E-state index is 12.9. The van der Waals surface area contributed by atoms with Crippen LogP contribution in [0.3, 0.4) is 0 Å². The first-order chi connectivity index (χ1) is 9.29. The number of nitrogens with zero attached hydrogens (tertiary/aromatic N) is 1. The smallest absolute Gasteiger partial charge is 0.240 e. The molecule has 2 atom stereocenters. The Balaban J connectivity index is 2.09. The third kappa shape index (κ3) is 1.57. The summed E-state index contributed by atoms with van der Waals surface area (Å²) in [6.45, 7) is 6.12. The number of imide groups is 1. The molecule has 106 valence electrons. The fourth-order valence-electron chi connectivity index (χ4n) is 3.65. The molecule has 0 radical (unpaired) electrons. The minimum atomic E-state index is -0.446. The van der Waals surface area contributed by atoms with Gasteiger partial charge in [0.25, 0.3) is 0 Å². The monoisotopic (exact) mass is 335 g/mol. The van der Waals surface area contributed by atoms with Crippen molar-refractivity contribution < 1.29 is 9.59 Å². The molecule has 0 aromatic heterocycles. The summed E-state index contributed by atoms with van der Waals surface area (Å²) in [6, 6.07) is 7.36. The van der Waals surface area contributed by atoms with Crippen molar-refractivity contribution >= 4 is 33.4 Å². The van der Waals surface area contributed by atoms with Crippen LogP contribution in [0.4, 0.5) is 5.69 Å². The summed E-state index contributed by atoms with van der Waals surface area (Å²) in [5, 5.41) is 0. The lowest BCUT2D eigenvalue weighted by molar-refractivity contribution is -0.146. The number of amides is 2. The van der Waals surface area contributed by atoms with Crippen LogP contribution in [-0.4, -0.2) is 11.8 Å². The summed E-state index contributed by atoms with van der Waals surface area (Å²) in [5.41, 5.74) is -0.0251. The van der Waals surface area contributed by atoms with E-state index in [4.69, 9.17) is 0 Å². The van der Waals surface area contributed by atoms with E-state index in [1.165, 1.54) is 4.90 Å². The Morgan fingerprint density at radius 1 is 1.15 bits per heavy atom. The predicted octanol–water partition coefficient (Wildman–Crippen LogP) is 3.76. The highest BCUT2D eigenvalue weighted by Gasteiger charge is 2.64. The van der Waals surface area contributed by atoms with Crippen molar-refractivity contribution in [2.75, 3.05) is 4.90 Å². The van der Waals surface area contributed by atoms with Gasteiger partial charge in [0.1, 0.15) is 0 Å². The number of rotatable bonds is 1. The number of carbonyl (C=O) groups excluding carboxylic acids is 2. The van der Waals surface area contributed by atoms with Crippen molar-refractivity contribution in [3.05, 3.63) is 28.7 Å². The minimum Gasteiger partial charge on any atom is -0.274 e. The van der Waals surface area contributed by atoms with Crippen LogP contribution >= 0.6 is 15.9 Å².